The second kappa shape index (κ2) is 4.10. The molecular formula is C3H8O4S2. The Kier molecular flexibility index (Phi) is 4.20. The van der Waals surface area contributed by atoms with Crippen LogP contribution in [-0.2, 0) is 14.6 Å². The predicted molar refractivity (Wildman–Crippen MR) is 35.9 cm³/mol. The molecule has 4 nitrogen and oxygen atoms in total. The molecule has 0 radical (unpaired) electrons. The van der Waals surface area contributed by atoms with Crippen LogP contribution in [0.25, 0.3) is 0 Å². The molecule has 0 aliphatic heterocycles. The van der Waals surface area contributed by atoms with Crippen molar-refractivity contribution in [3.05, 3.63) is 0 Å². The number of rotatable bonds is 4. The fraction of sp³-hybridized carbons (Fsp3) is 1.00. The molecule has 0 fully saturated rings. The molecule has 0 bridgehead atoms. The minimum Gasteiger partial charge on any atom is -0.264 e. The Morgan fingerprint density at radius 3 is 2.56 bits per heavy atom. The van der Waals surface area contributed by atoms with Gasteiger partial charge in [0.25, 0.3) is 0 Å². The van der Waals surface area contributed by atoms with Crippen LogP contribution in [0.15, 0.2) is 0 Å². The Labute approximate surface area is 58.5 Å². The zero-order valence-electron chi connectivity index (χ0n) is 4.90. The summed E-state index contributed by atoms with van der Waals surface area (Å²) in [6.07, 6.45) is 1.81. The van der Waals surface area contributed by atoms with Crippen molar-refractivity contribution in [3.63, 3.8) is 0 Å². The minimum atomic E-state index is -4.21. The normalized spacial score (nSPS) is 11.8. The monoisotopic (exact) mass is 172 g/mol. The van der Waals surface area contributed by atoms with Crippen molar-refractivity contribution in [1.29, 1.82) is 0 Å². The van der Waals surface area contributed by atoms with Gasteiger partial charge in [0.15, 0.2) is 0 Å². The Morgan fingerprint density at radius 1 is 1.67 bits per heavy atom. The van der Waals surface area contributed by atoms with E-state index < -0.39 is 10.4 Å². The number of hydrogen-bond donors (Lipinski definition) is 1. The first kappa shape index (κ1) is 9.22. The average molecular weight is 172 g/mol. The van der Waals surface area contributed by atoms with E-state index in [1.54, 1.807) is 0 Å². The van der Waals surface area contributed by atoms with Gasteiger partial charge in [0.05, 0.1) is 6.61 Å². The van der Waals surface area contributed by atoms with Crippen molar-refractivity contribution in [1.82, 2.24) is 0 Å². The maximum Gasteiger partial charge on any atom is 0.397 e. The molecule has 0 aromatic carbocycles. The van der Waals surface area contributed by atoms with Crippen LogP contribution in [0.1, 0.15) is 0 Å². The number of hydrogen-bond acceptors (Lipinski definition) is 4. The summed E-state index contributed by atoms with van der Waals surface area (Å²) in [5.41, 5.74) is 0. The molecule has 1 N–H and O–H groups in total. The zero-order chi connectivity index (χ0) is 7.33. The van der Waals surface area contributed by atoms with Gasteiger partial charge in [-0.1, -0.05) is 0 Å². The van der Waals surface area contributed by atoms with Gasteiger partial charge in [0.2, 0.25) is 0 Å². The first-order valence-corrected chi connectivity index (χ1v) is 4.93. The Bertz CT molecular complexity index is 149. The van der Waals surface area contributed by atoms with Gasteiger partial charge in [-0.05, 0) is 6.26 Å². The molecule has 0 aromatic heterocycles. The maximum absolute atomic E-state index is 9.83. The molecule has 0 aliphatic rings. The van der Waals surface area contributed by atoms with E-state index >= 15 is 0 Å². The van der Waals surface area contributed by atoms with Crippen molar-refractivity contribution in [2.75, 3.05) is 18.6 Å². The van der Waals surface area contributed by atoms with E-state index in [9.17, 15) is 8.42 Å². The van der Waals surface area contributed by atoms with Crippen LogP contribution in [0.3, 0.4) is 0 Å². The van der Waals surface area contributed by atoms with E-state index in [4.69, 9.17) is 4.55 Å². The van der Waals surface area contributed by atoms with E-state index in [2.05, 4.69) is 4.18 Å². The summed E-state index contributed by atoms with van der Waals surface area (Å²) in [7, 11) is -4.21. The van der Waals surface area contributed by atoms with Gasteiger partial charge < -0.3 is 0 Å². The maximum atomic E-state index is 9.83. The van der Waals surface area contributed by atoms with E-state index in [-0.39, 0.29) is 6.61 Å². The lowest BCUT2D eigenvalue weighted by Gasteiger charge is -1.94. The van der Waals surface area contributed by atoms with Crippen molar-refractivity contribution in [2.24, 2.45) is 0 Å². The van der Waals surface area contributed by atoms with E-state index in [1.165, 1.54) is 11.8 Å². The largest absolute Gasteiger partial charge is 0.397 e. The number of thioether (sulfide) groups is 1. The first-order chi connectivity index (χ1) is 4.06. The molecule has 6 heteroatoms. The van der Waals surface area contributed by atoms with E-state index in [0.717, 1.165) is 0 Å². The van der Waals surface area contributed by atoms with Gasteiger partial charge in [-0.15, -0.1) is 0 Å². The van der Waals surface area contributed by atoms with Crippen LogP contribution in [0.4, 0.5) is 0 Å². The fourth-order valence-corrected chi connectivity index (χ4v) is 0.872. The quantitative estimate of drug-likeness (QED) is 0.483. The average Bonchev–Trinajstić information content (AvgIpc) is 1.63. The fourth-order valence-electron chi connectivity index (χ4n) is 0.223. The standard InChI is InChI=1S/C3H8O4S2/c1-8-3-2-7-9(4,5)6/h2-3H2,1H3,(H,4,5,6). The first-order valence-electron chi connectivity index (χ1n) is 2.17. The highest BCUT2D eigenvalue weighted by Crippen LogP contribution is 1.93. The SMILES string of the molecule is CSCCOS(=O)(=O)O. The molecule has 0 spiro atoms. The highest BCUT2D eigenvalue weighted by atomic mass is 32.3. The lowest BCUT2D eigenvalue weighted by Crippen LogP contribution is -2.05. The molecule has 0 saturated heterocycles. The lowest BCUT2D eigenvalue weighted by atomic mass is 10.9. The van der Waals surface area contributed by atoms with Crippen molar-refractivity contribution >= 4 is 22.2 Å². The van der Waals surface area contributed by atoms with Crippen LogP contribution in [0.2, 0.25) is 0 Å². The molecule has 0 unspecified atom stereocenters. The van der Waals surface area contributed by atoms with Gasteiger partial charge in [-0.3, -0.25) is 4.55 Å². The molecule has 0 amide bonds. The summed E-state index contributed by atoms with van der Waals surface area (Å²) < 4.78 is 31.6. The molecule has 0 heterocycles. The van der Waals surface area contributed by atoms with Gasteiger partial charge in [0, 0.05) is 5.75 Å². The van der Waals surface area contributed by atoms with Crippen molar-refractivity contribution < 1.29 is 17.2 Å². The summed E-state index contributed by atoms with van der Waals surface area (Å²) in [6, 6.07) is 0. The third-order valence-electron chi connectivity index (χ3n) is 0.520. The van der Waals surface area contributed by atoms with E-state index in [0.29, 0.717) is 5.75 Å². The summed E-state index contributed by atoms with van der Waals surface area (Å²) in [5, 5.41) is 0. The highest BCUT2D eigenvalue weighted by Gasteiger charge is 2.01. The van der Waals surface area contributed by atoms with Crippen LogP contribution < -0.4 is 0 Å². The summed E-state index contributed by atoms with van der Waals surface area (Å²) in [6.45, 7) is 0.0278. The minimum absolute atomic E-state index is 0.0278. The second-order valence-corrected chi connectivity index (χ2v) is 3.32. The lowest BCUT2D eigenvalue weighted by molar-refractivity contribution is 0.285. The summed E-state index contributed by atoms with van der Waals surface area (Å²) >= 11 is 1.44. The zero-order valence-corrected chi connectivity index (χ0v) is 6.54. The van der Waals surface area contributed by atoms with Gasteiger partial charge in [-0.25, -0.2) is 4.18 Å². The summed E-state index contributed by atoms with van der Waals surface area (Å²) in [4.78, 5) is 0. The molecule has 0 saturated carbocycles. The Morgan fingerprint density at radius 2 is 2.22 bits per heavy atom. The second-order valence-electron chi connectivity index (χ2n) is 1.24. The van der Waals surface area contributed by atoms with Crippen LogP contribution in [-0.4, -0.2) is 31.6 Å². The molecule has 0 aromatic rings. The van der Waals surface area contributed by atoms with Crippen LogP contribution >= 0.6 is 11.8 Å². The highest BCUT2D eigenvalue weighted by molar-refractivity contribution is 7.98. The molecule has 56 valence electrons. The van der Waals surface area contributed by atoms with Gasteiger partial charge >= 0.3 is 10.4 Å². The van der Waals surface area contributed by atoms with E-state index in [1.807, 2.05) is 6.26 Å². The Balaban J connectivity index is 3.30. The molecule has 0 aliphatic carbocycles. The molecule has 9 heavy (non-hydrogen) atoms. The van der Waals surface area contributed by atoms with Crippen LogP contribution in [0.5, 0.6) is 0 Å². The van der Waals surface area contributed by atoms with Gasteiger partial charge in [0.1, 0.15) is 0 Å². The molecule has 0 rings (SSSR count). The van der Waals surface area contributed by atoms with Crippen molar-refractivity contribution in [3.8, 4) is 0 Å². The third-order valence-corrected chi connectivity index (χ3v) is 1.56. The van der Waals surface area contributed by atoms with Crippen molar-refractivity contribution in [2.45, 2.75) is 0 Å². The Hall–Kier alpha value is 0.220. The molecule has 0 atom stereocenters. The summed E-state index contributed by atoms with van der Waals surface area (Å²) in [5.74, 6) is 0.555. The van der Waals surface area contributed by atoms with Crippen LogP contribution in [0, 0.1) is 0 Å². The smallest absolute Gasteiger partial charge is 0.264 e. The molecular weight excluding hydrogens is 164 g/mol. The predicted octanol–water partition coefficient (Wildman–Crippen LogP) is 0.169. The van der Waals surface area contributed by atoms with Gasteiger partial charge in [-0.2, -0.15) is 20.2 Å². The topological polar surface area (TPSA) is 63.6 Å². The third kappa shape index (κ3) is 8.22.